The molecule has 2 heteroatoms. The van der Waals surface area contributed by atoms with Crippen molar-refractivity contribution in [2.45, 2.75) is 65.0 Å². The molecule has 1 fully saturated rings. The second kappa shape index (κ2) is 5.52. The van der Waals surface area contributed by atoms with Crippen molar-refractivity contribution < 1.29 is 0 Å². The monoisotopic (exact) mass is 346 g/mol. The summed E-state index contributed by atoms with van der Waals surface area (Å²) in [5.74, 6) is 1.56. The van der Waals surface area contributed by atoms with Crippen LogP contribution >= 0.6 is 0 Å². The number of aryl methyl sites for hydroxylation is 1. The molecule has 26 heavy (non-hydrogen) atoms. The SMILES string of the molecule is CCn1c2ccccc2c2c3c(ccc21)N[C@@H]1C[C@@H](C)CC[C@@H]1C3(C)C. The molecule has 1 N–H and O–H groups in total. The number of anilines is 1. The maximum atomic E-state index is 3.96. The van der Waals surface area contributed by atoms with E-state index in [4.69, 9.17) is 0 Å². The number of aromatic nitrogens is 1. The van der Waals surface area contributed by atoms with E-state index < -0.39 is 0 Å². The first-order chi connectivity index (χ1) is 12.5. The Hall–Kier alpha value is -1.96. The first kappa shape index (κ1) is 16.2. The van der Waals surface area contributed by atoms with Gasteiger partial charge in [0.25, 0.3) is 0 Å². The summed E-state index contributed by atoms with van der Waals surface area (Å²) in [5, 5.41) is 6.86. The average Bonchev–Trinajstić information content (AvgIpc) is 2.94. The minimum absolute atomic E-state index is 0.202. The lowest BCUT2D eigenvalue weighted by Crippen LogP contribution is -2.49. The molecule has 0 radical (unpaired) electrons. The highest BCUT2D eigenvalue weighted by molar-refractivity contribution is 6.12. The number of fused-ring (bicyclic) bond motifs is 6. The van der Waals surface area contributed by atoms with E-state index in [2.05, 4.69) is 74.0 Å². The Kier molecular flexibility index (Phi) is 3.44. The van der Waals surface area contributed by atoms with Gasteiger partial charge in [-0.1, -0.05) is 45.4 Å². The molecule has 2 aromatic carbocycles. The molecule has 3 atom stereocenters. The molecular weight excluding hydrogens is 316 g/mol. The third kappa shape index (κ3) is 2.05. The van der Waals surface area contributed by atoms with E-state index in [1.54, 1.807) is 5.56 Å². The molecular formula is C24H30N2. The Morgan fingerprint density at radius 2 is 1.88 bits per heavy atom. The highest BCUT2D eigenvalue weighted by Gasteiger charge is 2.45. The minimum Gasteiger partial charge on any atom is -0.382 e. The van der Waals surface area contributed by atoms with Gasteiger partial charge < -0.3 is 9.88 Å². The first-order valence-corrected chi connectivity index (χ1v) is 10.3. The molecule has 5 rings (SSSR count). The lowest BCUT2D eigenvalue weighted by atomic mass is 9.60. The van der Waals surface area contributed by atoms with Crippen molar-refractivity contribution >= 4 is 27.5 Å². The van der Waals surface area contributed by atoms with Crippen LogP contribution in [0.25, 0.3) is 21.8 Å². The Balaban J connectivity index is 1.84. The number of nitrogens with zero attached hydrogens (tertiary/aromatic N) is 1. The molecule has 0 bridgehead atoms. The Labute approximate surface area is 156 Å². The van der Waals surface area contributed by atoms with Crippen molar-refractivity contribution in [2.24, 2.45) is 11.8 Å². The second-order valence-corrected chi connectivity index (χ2v) is 9.14. The smallest absolute Gasteiger partial charge is 0.0495 e. The van der Waals surface area contributed by atoms with Crippen LogP contribution in [0.15, 0.2) is 36.4 Å². The van der Waals surface area contributed by atoms with Crippen LogP contribution in [0.2, 0.25) is 0 Å². The fraction of sp³-hybridized carbons (Fsp3) is 0.500. The topological polar surface area (TPSA) is 17.0 Å². The largest absolute Gasteiger partial charge is 0.382 e. The summed E-state index contributed by atoms with van der Waals surface area (Å²) in [6, 6.07) is 14.3. The van der Waals surface area contributed by atoms with Gasteiger partial charge in [-0.05, 0) is 60.8 Å². The standard InChI is InChI=1S/C24H30N2/c1-5-26-20-9-7-6-8-16(20)22-21(26)13-12-18-23(22)24(3,4)17-11-10-15(2)14-19(17)25-18/h6-9,12-13,15,17,19,25H,5,10-11,14H2,1-4H3/t15-,17-,19+/m0/s1. The van der Waals surface area contributed by atoms with E-state index in [1.165, 1.54) is 46.8 Å². The van der Waals surface area contributed by atoms with Gasteiger partial charge >= 0.3 is 0 Å². The van der Waals surface area contributed by atoms with Gasteiger partial charge in [0.15, 0.2) is 0 Å². The van der Waals surface area contributed by atoms with Gasteiger partial charge in [0.2, 0.25) is 0 Å². The summed E-state index contributed by atoms with van der Waals surface area (Å²) < 4.78 is 2.48. The van der Waals surface area contributed by atoms with E-state index >= 15 is 0 Å². The molecule has 2 nitrogen and oxygen atoms in total. The minimum atomic E-state index is 0.202. The summed E-state index contributed by atoms with van der Waals surface area (Å²) in [7, 11) is 0. The maximum Gasteiger partial charge on any atom is 0.0495 e. The van der Waals surface area contributed by atoms with Gasteiger partial charge in [0.05, 0.1) is 0 Å². The molecule has 0 unspecified atom stereocenters. The summed E-state index contributed by atoms with van der Waals surface area (Å²) in [6.45, 7) is 10.7. The number of hydrogen-bond acceptors (Lipinski definition) is 1. The molecule has 0 saturated heterocycles. The van der Waals surface area contributed by atoms with Crippen molar-refractivity contribution in [3.63, 3.8) is 0 Å². The fourth-order valence-corrected chi connectivity index (χ4v) is 6.06. The molecule has 1 aliphatic heterocycles. The number of rotatable bonds is 1. The number of para-hydroxylation sites is 1. The predicted octanol–water partition coefficient (Wildman–Crippen LogP) is 6.32. The van der Waals surface area contributed by atoms with Gasteiger partial charge in [0.1, 0.15) is 0 Å². The first-order valence-electron chi connectivity index (χ1n) is 10.3. The van der Waals surface area contributed by atoms with Crippen LogP contribution in [0.4, 0.5) is 5.69 Å². The lowest BCUT2D eigenvalue weighted by Gasteiger charge is -2.50. The maximum absolute atomic E-state index is 3.96. The average molecular weight is 347 g/mol. The van der Waals surface area contributed by atoms with Gasteiger partial charge in [-0.3, -0.25) is 0 Å². The fourth-order valence-electron chi connectivity index (χ4n) is 6.06. The number of hydrogen-bond donors (Lipinski definition) is 1. The summed E-state index contributed by atoms with van der Waals surface area (Å²) in [5.41, 5.74) is 5.89. The number of nitrogens with one attached hydrogen (secondary N) is 1. The van der Waals surface area contributed by atoms with Crippen LogP contribution in [0, 0.1) is 11.8 Å². The second-order valence-electron chi connectivity index (χ2n) is 9.14. The molecule has 3 aromatic rings. The van der Waals surface area contributed by atoms with Crippen molar-refractivity contribution in [1.29, 1.82) is 0 Å². The van der Waals surface area contributed by atoms with Crippen molar-refractivity contribution in [3.05, 3.63) is 42.0 Å². The summed E-state index contributed by atoms with van der Waals surface area (Å²) >= 11 is 0. The molecule has 1 aromatic heterocycles. The number of benzene rings is 2. The zero-order valence-electron chi connectivity index (χ0n) is 16.5. The summed E-state index contributed by atoms with van der Waals surface area (Å²) in [4.78, 5) is 0. The van der Waals surface area contributed by atoms with E-state index in [0.717, 1.165) is 18.4 Å². The van der Waals surface area contributed by atoms with E-state index in [0.29, 0.717) is 6.04 Å². The van der Waals surface area contributed by atoms with Gasteiger partial charge in [-0.2, -0.15) is 0 Å². The molecule has 1 saturated carbocycles. The van der Waals surface area contributed by atoms with Crippen LogP contribution in [0.5, 0.6) is 0 Å². The molecule has 0 amide bonds. The Bertz CT molecular complexity index is 994. The van der Waals surface area contributed by atoms with Gasteiger partial charge in [-0.15, -0.1) is 0 Å². The lowest BCUT2D eigenvalue weighted by molar-refractivity contribution is 0.175. The van der Waals surface area contributed by atoms with Gasteiger partial charge in [0, 0.05) is 40.1 Å². The van der Waals surface area contributed by atoms with Crippen LogP contribution in [-0.4, -0.2) is 10.6 Å². The Morgan fingerprint density at radius 3 is 2.69 bits per heavy atom. The zero-order chi connectivity index (χ0) is 18.1. The highest BCUT2D eigenvalue weighted by Crippen LogP contribution is 2.52. The third-order valence-electron chi connectivity index (χ3n) is 7.28. The van der Waals surface area contributed by atoms with Crippen molar-refractivity contribution in [3.8, 4) is 0 Å². The van der Waals surface area contributed by atoms with Crippen LogP contribution in [-0.2, 0) is 12.0 Å². The van der Waals surface area contributed by atoms with Crippen molar-refractivity contribution in [1.82, 2.24) is 4.57 Å². The van der Waals surface area contributed by atoms with E-state index in [9.17, 15) is 0 Å². The molecule has 136 valence electrons. The van der Waals surface area contributed by atoms with Crippen molar-refractivity contribution in [2.75, 3.05) is 5.32 Å². The Morgan fingerprint density at radius 1 is 1.08 bits per heavy atom. The summed E-state index contributed by atoms with van der Waals surface area (Å²) in [6.07, 6.45) is 4.02. The molecule has 1 aliphatic carbocycles. The molecule has 0 spiro atoms. The zero-order valence-corrected chi connectivity index (χ0v) is 16.5. The van der Waals surface area contributed by atoms with E-state index in [-0.39, 0.29) is 5.41 Å². The molecule has 2 aliphatic rings. The van der Waals surface area contributed by atoms with Crippen LogP contribution in [0.1, 0.15) is 52.5 Å². The normalized spacial score (nSPS) is 27.2. The van der Waals surface area contributed by atoms with E-state index in [1.807, 2.05) is 0 Å². The highest BCUT2D eigenvalue weighted by atomic mass is 15.0. The quantitative estimate of drug-likeness (QED) is 0.545. The molecule has 2 heterocycles. The van der Waals surface area contributed by atoms with Gasteiger partial charge in [-0.25, -0.2) is 0 Å². The predicted molar refractivity (Wildman–Crippen MR) is 112 cm³/mol. The van der Waals surface area contributed by atoms with Crippen LogP contribution < -0.4 is 5.32 Å². The third-order valence-corrected chi connectivity index (χ3v) is 7.28. The van der Waals surface area contributed by atoms with Crippen LogP contribution in [0.3, 0.4) is 0 Å².